The Morgan fingerprint density at radius 3 is 2.65 bits per heavy atom. The normalized spacial score (nSPS) is 15.6. The molecule has 3 heterocycles. The Morgan fingerprint density at radius 1 is 1.12 bits per heavy atom. The Labute approximate surface area is 206 Å². The lowest BCUT2D eigenvalue weighted by atomic mass is 10.0. The Morgan fingerprint density at radius 2 is 1.91 bits per heavy atom. The summed E-state index contributed by atoms with van der Waals surface area (Å²) in [6, 6.07) is 18.9. The first-order valence-corrected chi connectivity index (χ1v) is 12.1. The molecule has 34 heavy (non-hydrogen) atoms. The summed E-state index contributed by atoms with van der Waals surface area (Å²) < 4.78 is 7.54. The molecule has 4 aromatic rings. The van der Waals surface area contributed by atoms with Gasteiger partial charge in [-0.05, 0) is 42.3 Å². The zero-order valence-corrected chi connectivity index (χ0v) is 20.3. The zero-order chi connectivity index (χ0) is 23.7. The lowest BCUT2D eigenvalue weighted by Gasteiger charge is -2.19. The lowest BCUT2D eigenvalue weighted by Crippen LogP contribution is -2.28. The van der Waals surface area contributed by atoms with Gasteiger partial charge in [-0.3, -0.25) is 4.79 Å². The highest BCUT2D eigenvalue weighted by molar-refractivity contribution is 7.99. The first-order valence-electron chi connectivity index (χ1n) is 10.8. The summed E-state index contributed by atoms with van der Waals surface area (Å²) in [4.78, 5) is 13.3. The molecule has 2 aromatic heterocycles. The first kappa shape index (κ1) is 22.4. The molecule has 2 aromatic carbocycles. The number of hydrazone groups is 1. The third-order valence-corrected chi connectivity index (χ3v) is 7.02. The molecule has 0 fully saturated rings. The summed E-state index contributed by atoms with van der Waals surface area (Å²) in [6.07, 6.45) is 2.17. The van der Waals surface area contributed by atoms with Crippen molar-refractivity contribution in [3.05, 3.63) is 88.8 Å². The number of hydrogen-bond acceptors (Lipinski definition) is 6. The Kier molecular flexibility index (Phi) is 6.26. The van der Waals surface area contributed by atoms with Crippen LogP contribution in [0.3, 0.4) is 0 Å². The van der Waals surface area contributed by atoms with E-state index in [2.05, 4.69) is 15.3 Å². The van der Waals surface area contributed by atoms with E-state index in [-0.39, 0.29) is 17.7 Å². The summed E-state index contributed by atoms with van der Waals surface area (Å²) >= 11 is 7.38. The molecular formula is C25H22ClN5O2S. The van der Waals surface area contributed by atoms with E-state index >= 15 is 0 Å². The second-order valence-electron chi connectivity index (χ2n) is 8.00. The van der Waals surface area contributed by atoms with E-state index in [9.17, 15) is 4.79 Å². The standard InChI is InChI=1S/C25H22ClN5O2S/c1-16-6-3-4-7-19(16)24-27-28-25(30(24)2)34-15-23(32)31-21(22-8-5-13-33-22)14-20(29-31)17-9-11-18(26)12-10-17/h3-13,21H,14-15H2,1-2H3/t21-/m1/s1. The van der Waals surface area contributed by atoms with Crippen molar-refractivity contribution < 1.29 is 9.21 Å². The molecule has 1 aliphatic rings. The topological polar surface area (TPSA) is 76.5 Å². The van der Waals surface area contributed by atoms with Gasteiger partial charge < -0.3 is 8.98 Å². The van der Waals surface area contributed by atoms with E-state index < -0.39 is 0 Å². The van der Waals surface area contributed by atoms with Crippen molar-refractivity contribution in [3.63, 3.8) is 0 Å². The van der Waals surface area contributed by atoms with Crippen LogP contribution in [0.4, 0.5) is 0 Å². The number of aromatic nitrogens is 3. The maximum atomic E-state index is 13.3. The Hall–Kier alpha value is -3.36. The monoisotopic (exact) mass is 491 g/mol. The van der Waals surface area contributed by atoms with Gasteiger partial charge in [-0.1, -0.05) is 59.8 Å². The van der Waals surface area contributed by atoms with Crippen LogP contribution in [0.15, 0.2) is 81.6 Å². The fraction of sp³-hybridized carbons (Fsp3) is 0.200. The summed E-state index contributed by atoms with van der Waals surface area (Å²) in [5.41, 5.74) is 3.88. The third kappa shape index (κ3) is 4.38. The van der Waals surface area contributed by atoms with Crippen LogP contribution in [-0.2, 0) is 11.8 Å². The van der Waals surface area contributed by atoms with Gasteiger partial charge in [-0.15, -0.1) is 10.2 Å². The van der Waals surface area contributed by atoms with E-state index in [1.165, 1.54) is 16.8 Å². The largest absolute Gasteiger partial charge is 0.467 e. The van der Waals surface area contributed by atoms with Gasteiger partial charge in [-0.25, -0.2) is 5.01 Å². The van der Waals surface area contributed by atoms with E-state index in [1.807, 2.05) is 79.2 Å². The second-order valence-corrected chi connectivity index (χ2v) is 9.37. The molecule has 0 N–H and O–H groups in total. The van der Waals surface area contributed by atoms with Crippen LogP contribution in [0, 0.1) is 6.92 Å². The highest BCUT2D eigenvalue weighted by atomic mass is 35.5. The van der Waals surface area contributed by atoms with Gasteiger partial charge in [0.1, 0.15) is 11.8 Å². The van der Waals surface area contributed by atoms with Crippen LogP contribution in [0.25, 0.3) is 11.4 Å². The molecular weight excluding hydrogens is 470 g/mol. The number of aryl methyl sites for hydroxylation is 1. The van der Waals surface area contributed by atoms with Crippen LogP contribution in [-0.4, -0.2) is 37.1 Å². The molecule has 0 saturated heterocycles. The SMILES string of the molecule is Cc1ccccc1-c1nnc(SCC(=O)N2N=C(c3ccc(Cl)cc3)C[C@@H]2c2ccco2)n1C. The van der Waals surface area contributed by atoms with Gasteiger partial charge in [0.05, 0.1) is 17.7 Å². The van der Waals surface area contributed by atoms with E-state index in [4.69, 9.17) is 16.0 Å². The molecule has 0 radical (unpaired) electrons. The summed E-state index contributed by atoms with van der Waals surface area (Å²) in [5.74, 6) is 1.52. The number of nitrogens with zero attached hydrogens (tertiary/aromatic N) is 5. The number of carbonyl (C=O) groups excluding carboxylic acids is 1. The van der Waals surface area contributed by atoms with Crippen LogP contribution in [0.1, 0.15) is 29.3 Å². The number of benzene rings is 2. The van der Waals surface area contributed by atoms with Crippen LogP contribution in [0.5, 0.6) is 0 Å². The third-order valence-electron chi connectivity index (χ3n) is 5.76. The average Bonchev–Trinajstić information content (AvgIpc) is 3.59. The van der Waals surface area contributed by atoms with E-state index in [0.717, 1.165) is 28.2 Å². The lowest BCUT2D eigenvalue weighted by molar-refractivity contribution is -0.130. The van der Waals surface area contributed by atoms with Gasteiger partial charge in [0.15, 0.2) is 11.0 Å². The number of halogens is 1. The van der Waals surface area contributed by atoms with Crippen LogP contribution >= 0.6 is 23.4 Å². The minimum atomic E-state index is -0.296. The van der Waals surface area contributed by atoms with Gasteiger partial charge in [0, 0.05) is 24.1 Å². The number of furan rings is 1. The molecule has 0 aliphatic carbocycles. The molecule has 0 saturated carbocycles. The maximum Gasteiger partial charge on any atom is 0.253 e. The zero-order valence-electron chi connectivity index (χ0n) is 18.7. The van der Waals surface area contributed by atoms with Crippen LogP contribution in [0.2, 0.25) is 5.02 Å². The predicted molar refractivity (Wildman–Crippen MR) is 133 cm³/mol. The number of amides is 1. The molecule has 1 atom stereocenters. The molecule has 0 bridgehead atoms. The molecule has 1 aliphatic heterocycles. The van der Waals surface area contributed by atoms with Gasteiger partial charge in [0.25, 0.3) is 5.91 Å². The van der Waals surface area contributed by atoms with Gasteiger partial charge in [0.2, 0.25) is 0 Å². The van der Waals surface area contributed by atoms with E-state index in [0.29, 0.717) is 22.4 Å². The molecule has 0 spiro atoms. The smallest absolute Gasteiger partial charge is 0.253 e. The molecule has 1 amide bonds. The minimum absolute atomic E-state index is 0.129. The predicted octanol–water partition coefficient (Wildman–Crippen LogP) is 5.51. The minimum Gasteiger partial charge on any atom is -0.467 e. The highest BCUT2D eigenvalue weighted by Gasteiger charge is 2.35. The molecule has 7 nitrogen and oxygen atoms in total. The summed E-state index contributed by atoms with van der Waals surface area (Å²) in [5, 5.41) is 16.2. The fourth-order valence-corrected chi connectivity index (χ4v) is 4.84. The van der Waals surface area contributed by atoms with Gasteiger partial charge in [-0.2, -0.15) is 5.10 Å². The summed E-state index contributed by atoms with van der Waals surface area (Å²) in [6.45, 7) is 2.04. The van der Waals surface area contributed by atoms with Crippen molar-refractivity contribution in [1.29, 1.82) is 0 Å². The van der Waals surface area contributed by atoms with Crippen molar-refractivity contribution in [2.24, 2.45) is 12.1 Å². The van der Waals surface area contributed by atoms with E-state index in [1.54, 1.807) is 6.26 Å². The van der Waals surface area contributed by atoms with Crippen molar-refractivity contribution in [1.82, 2.24) is 19.8 Å². The Balaban J connectivity index is 1.35. The molecule has 5 rings (SSSR count). The first-order chi connectivity index (χ1) is 16.5. The highest BCUT2D eigenvalue weighted by Crippen LogP contribution is 2.34. The average molecular weight is 492 g/mol. The number of thioether (sulfide) groups is 1. The number of hydrogen-bond donors (Lipinski definition) is 0. The van der Waals surface area contributed by atoms with Crippen LogP contribution < -0.4 is 0 Å². The second kappa shape index (κ2) is 9.48. The van der Waals surface area contributed by atoms with Crippen molar-refractivity contribution in [3.8, 4) is 11.4 Å². The molecule has 172 valence electrons. The molecule has 9 heteroatoms. The van der Waals surface area contributed by atoms with Crippen molar-refractivity contribution in [2.75, 3.05) is 5.75 Å². The number of carbonyl (C=O) groups is 1. The van der Waals surface area contributed by atoms with Crippen molar-refractivity contribution >= 4 is 35.0 Å². The molecule has 0 unspecified atom stereocenters. The Bertz CT molecular complexity index is 1350. The fourth-order valence-electron chi connectivity index (χ4n) is 3.95. The van der Waals surface area contributed by atoms with Gasteiger partial charge >= 0.3 is 0 Å². The maximum absolute atomic E-state index is 13.3. The number of rotatable bonds is 6. The quantitative estimate of drug-likeness (QED) is 0.332. The summed E-state index contributed by atoms with van der Waals surface area (Å²) in [7, 11) is 1.91. The van der Waals surface area contributed by atoms with Crippen molar-refractivity contribution in [2.45, 2.75) is 24.5 Å².